The third-order valence-corrected chi connectivity index (χ3v) is 5.61. The van der Waals surface area contributed by atoms with Gasteiger partial charge in [-0.15, -0.1) is 0 Å². The van der Waals surface area contributed by atoms with Crippen LogP contribution in [0.2, 0.25) is 10.0 Å². The molecule has 0 aliphatic heterocycles. The first kappa shape index (κ1) is 20.7. The van der Waals surface area contributed by atoms with Crippen LogP contribution in [0.1, 0.15) is 36.8 Å². The molecule has 1 heterocycles. The maximum Gasteiger partial charge on any atom is 0.178 e. The molecule has 1 atom stereocenters. The number of rotatable bonds is 7. The van der Waals surface area contributed by atoms with Gasteiger partial charge in [0, 0.05) is 12.3 Å². The second kappa shape index (κ2) is 8.99. The van der Waals surface area contributed by atoms with Crippen LogP contribution in [-0.2, 0) is 0 Å². The van der Waals surface area contributed by atoms with Crippen molar-refractivity contribution >= 4 is 34.1 Å². The Morgan fingerprint density at radius 1 is 1.14 bits per heavy atom. The van der Waals surface area contributed by atoms with Gasteiger partial charge in [-0.3, -0.25) is 4.98 Å². The number of hydrogen-bond acceptors (Lipinski definition) is 4. The van der Waals surface area contributed by atoms with E-state index in [0.29, 0.717) is 39.8 Å². The Morgan fingerprint density at radius 2 is 1.93 bits per heavy atom. The summed E-state index contributed by atoms with van der Waals surface area (Å²) >= 11 is 12.2. The number of ether oxygens (including phenoxy) is 2. The van der Waals surface area contributed by atoms with Gasteiger partial charge in [-0.1, -0.05) is 30.1 Å². The molecule has 6 heteroatoms. The van der Waals surface area contributed by atoms with Crippen LogP contribution in [0, 0.1) is 6.92 Å². The molecule has 0 bridgehead atoms. The highest BCUT2D eigenvalue weighted by Crippen LogP contribution is 2.44. The number of nitrogens with two attached hydrogens (primary N) is 1. The summed E-state index contributed by atoms with van der Waals surface area (Å²) in [5, 5.41) is 1.85. The monoisotopic (exact) mass is 418 g/mol. The van der Waals surface area contributed by atoms with Crippen LogP contribution in [0.15, 0.2) is 36.5 Å². The molecule has 0 aliphatic rings. The van der Waals surface area contributed by atoms with Gasteiger partial charge < -0.3 is 15.2 Å². The van der Waals surface area contributed by atoms with Gasteiger partial charge in [0.2, 0.25) is 0 Å². The van der Waals surface area contributed by atoms with E-state index in [1.165, 1.54) is 0 Å². The Hall–Kier alpha value is -2.01. The van der Waals surface area contributed by atoms with Crippen LogP contribution >= 0.6 is 23.2 Å². The second-order valence-corrected chi connectivity index (χ2v) is 7.67. The Balaban J connectivity index is 2.17. The molecule has 148 valence electrons. The highest BCUT2D eigenvalue weighted by atomic mass is 35.5. The van der Waals surface area contributed by atoms with Crippen molar-refractivity contribution in [3.63, 3.8) is 0 Å². The minimum atomic E-state index is 0.299. The predicted octanol–water partition coefficient (Wildman–Crippen LogP) is 6.49. The van der Waals surface area contributed by atoms with Gasteiger partial charge >= 0.3 is 0 Å². The second-order valence-electron chi connectivity index (χ2n) is 6.86. The first-order chi connectivity index (χ1) is 13.5. The zero-order valence-electron chi connectivity index (χ0n) is 16.3. The van der Waals surface area contributed by atoms with Crippen LogP contribution in [0.3, 0.4) is 0 Å². The first-order valence-electron chi connectivity index (χ1n) is 9.25. The predicted molar refractivity (Wildman–Crippen MR) is 116 cm³/mol. The van der Waals surface area contributed by atoms with E-state index in [2.05, 4.69) is 11.9 Å². The van der Waals surface area contributed by atoms with Crippen LogP contribution in [0.4, 0.5) is 0 Å². The van der Waals surface area contributed by atoms with Crippen LogP contribution in [-0.4, -0.2) is 18.6 Å². The van der Waals surface area contributed by atoms with Crippen LogP contribution in [0.5, 0.6) is 17.2 Å². The summed E-state index contributed by atoms with van der Waals surface area (Å²) in [5.41, 5.74) is 8.81. The van der Waals surface area contributed by atoms with E-state index in [1.807, 2.05) is 25.3 Å². The number of halogens is 2. The molecule has 3 aromatic rings. The summed E-state index contributed by atoms with van der Waals surface area (Å²) < 4.78 is 11.9. The van der Waals surface area contributed by atoms with Crippen molar-refractivity contribution in [1.82, 2.24) is 4.98 Å². The van der Waals surface area contributed by atoms with Crippen LogP contribution in [0.25, 0.3) is 10.9 Å². The molecular formula is C22H24Cl2N2O2. The molecule has 1 unspecified atom stereocenters. The summed E-state index contributed by atoms with van der Waals surface area (Å²) in [5.74, 6) is 2.16. The van der Waals surface area contributed by atoms with E-state index < -0.39 is 0 Å². The summed E-state index contributed by atoms with van der Waals surface area (Å²) in [4.78, 5) is 4.67. The minimum absolute atomic E-state index is 0.299. The minimum Gasteiger partial charge on any atom is -0.493 e. The molecule has 4 nitrogen and oxygen atoms in total. The van der Waals surface area contributed by atoms with E-state index >= 15 is 0 Å². The van der Waals surface area contributed by atoms with Crippen molar-refractivity contribution in [2.45, 2.75) is 32.6 Å². The van der Waals surface area contributed by atoms with Gasteiger partial charge in [-0.2, -0.15) is 0 Å². The third-order valence-electron chi connectivity index (χ3n) is 4.87. The van der Waals surface area contributed by atoms with E-state index in [1.54, 1.807) is 25.3 Å². The molecule has 0 radical (unpaired) electrons. The summed E-state index contributed by atoms with van der Waals surface area (Å²) in [6, 6.07) is 9.17. The maximum atomic E-state index is 6.22. The number of pyridine rings is 1. The van der Waals surface area contributed by atoms with Gasteiger partial charge in [-0.05, 0) is 67.6 Å². The summed E-state index contributed by atoms with van der Waals surface area (Å²) in [6.45, 7) is 4.90. The lowest BCUT2D eigenvalue weighted by molar-refractivity contribution is 0.380. The Labute approximate surface area is 175 Å². The normalized spacial score (nSPS) is 12.2. The Morgan fingerprint density at radius 3 is 2.61 bits per heavy atom. The largest absolute Gasteiger partial charge is 0.493 e. The molecule has 0 amide bonds. The van der Waals surface area contributed by atoms with E-state index in [4.69, 9.17) is 38.4 Å². The SMILES string of the molecule is COc1cc(C(C)CCCN)c2nccc(C)c2c1Oc1ccc(Cl)c(Cl)c1. The fourth-order valence-electron chi connectivity index (χ4n) is 3.33. The molecule has 3 rings (SSSR count). The topological polar surface area (TPSA) is 57.4 Å². The number of hydrogen-bond donors (Lipinski definition) is 1. The number of nitrogens with zero attached hydrogens (tertiary/aromatic N) is 1. The molecule has 2 aromatic carbocycles. The van der Waals surface area contributed by atoms with Gasteiger partial charge in [0.1, 0.15) is 5.75 Å². The summed E-state index contributed by atoms with van der Waals surface area (Å²) in [7, 11) is 1.64. The molecule has 28 heavy (non-hydrogen) atoms. The zero-order chi connectivity index (χ0) is 20.3. The van der Waals surface area contributed by atoms with Crippen LogP contribution < -0.4 is 15.2 Å². The first-order valence-corrected chi connectivity index (χ1v) is 10.0. The number of methoxy groups -OCH3 is 1. The van der Waals surface area contributed by atoms with Gasteiger partial charge in [0.15, 0.2) is 11.5 Å². The molecule has 0 aliphatic carbocycles. The van der Waals surface area contributed by atoms with Crippen molar-refractivity contribution in [3.8, 4) is 17.2 Å². The highest BCUT2D eigenvalue weighted by molar-refractivity contribution is 6.42. The number of aromatic nitrogens is 1. The van der Waals surface area contributed by atoms with Gasteiger partial charge in [-0.25, -0.2) is 0 Å². The smallest absolute Gasteiger partial charge is 0.178 e. The standard InChI is InChI=1S/C22H24Cl2N2O2/c1-13(5-4-9-25)16-12-19(27-3)22(20-14(2)8-10-26-21(16)20)28-15-6-7-17(23)18(24)11-15/h6-8,10-13H,4-5,9,25H2,1-3H3. The van der Waals surface area contributed by atoms with Gasteiger partial charge in [0.25, 0.3) is 0 Å². The lowest BCUT2D eigenvalue weighted by atomic mass is 9.92. The fourth-order valence-corrected chi connectivity index (χ4v) is 3.62. The third kappa shape index (κ3) is 4.19. The van der Waals surface area contributed by atoms with Gasteiger partial charge in [0.05, 0.1) is 28.1 Å². The number of fused-ring (bicyclic) bond motifs is 1. The lowest BCUT2D eigenvalue weighted by Gasteiger charge is -2.20. The molecule has 0 fully saturated rings. The molecule has 2 N–H and O–H groups in total. The zero-order valence-corrected chi connectivity index (χ0v) is 17.8. The molecule has 0 saturated carbocycles. The summed E-state index contributed by atoms with van der Waals surface area (Å²) in [6.07, 6.45) is 3.77. The van der Waals surface area contributed by atoms with Crippen molar-refractivity contribution in [1.29, 1.82) is 0 Å². The fraction of sp³-hybridized carbons (Fsp3) is 0.318. The van der Waals surface area contributed by atoms with E-state index in [0.717, 1.165) is 34.9 Å². The molecular weight excluding hydrogens is 395 g/mol. The highest BCUT2D eigenvalue weighted by Gasteiger charge is 2.21. The Bertz CT molecular complexity index is 992. The maximum absolute atomic E-state index is 6.22. The van der Waals surface area contributed by atoms with Crippen molar-refractivity contribution in [2.24, 2.45) is 5.73 Å². The van der Waals surface area contributed by atoms with E-state index in [-0.39, 0.29) is 0 Å². The molecule has 0 saturated heterocycles. The molecule has 0 spiro atoms. The van der Waals surface area contributed by atoms with E-state index in [9.17, 15) is 0 Å². The number of aryl methyl sites for hydroxylation is 1. The quantitative estimate of drug-likeness (QED) is 0.475. The lowest BCUT2D eigenvalue weighted by Crippen LogP contribution is -2.04. The average molecular weight is 419 g/mol. The van der Waals surface area contributed by atoms with Crippen molar-refractivity contribution < 1.29 is 9.47 Å². The van der Waals surface area contributed by atoms with Crippen molar-refractivity contribution in [3.05, 3.63) is 57.7 Å². The average Bonchev–Trinajstić information content (AvgIpc) is 2.69. The number of benzene rings is 2. The Kier molecular flexibility index (Phi) is 6.65. The molecule has 1 aromatic heterocycles. The van der Waals surface area contributed by atoms with Crippen molar-refractivity contribution in [2.75, 3.05) is 13.7 Å².